The second-order valence-corrected chi connectivity index (χ2v) is 13.4. The number of carbonyl (C=O) groups is 1. The maximum absolute atomic E-state index is 13.2. The van der Waals surface area contributed by atoms with Crippen molar-refractivity contribution in [1.29, 1.82) is 0 Å². The third-order valence-electron chi connectivity index (χ3n) is 7.82. The molecular weight excluding hydrogens is 598 g/mol. The highest BCUT2D eigenvalue weighted by atomic mass is 32.2. The molecule has 258 valence electrons. The molecule has 0 aromatic heterocycles. The molecule has 0 heterocycles. The number of esters is 1. The molecule has 0 saturated carbocycles. The third kappa shape index (κ3) is 21.4. The van der Waals surface area contributed by atoms with Crippen molar-refractivity contribution in [1.82, 2.24) is 0 Å². The Morgan fingerprint density at radius 3 is 1.02 bits per heavy atom. The zero-order valence-electron chi connectivity index (χ0n) is 26.1. The minimum atomic E-state index is -6.29. The SMILES string of the molecule is CCCCCCCCCCCCCCCCCCCCCCCCCCC(=O)OC(CS(=O)(=O)O)(C(F)(F)F)C(F)(F)F. The molecule has 0 fully saturated rings. The van der Waals surface area contributed by atoms with Crippen molar-refractivity contribution in [3.63, 3.8) is 0 Å². The van der Waals surface area contributed by atoms with Crippen LogP contribution in [0, 0.1) is 0 Å². The van der Waals surface area contributed by atoms with Crippen LogP contribution < -0.4 is 0 Å². The summed E-state index contributed by atoms with van der Waals surface area (Å²) in [5.41, 5.74) is -5.32. The maximum Gasteiger partial charge on any atom is 0.438 e. The van der Waals surface area contributed by atoms with Crippen LogP contribution in [-0.4, -0.2) is 42.6 Å². The van der Waals surface area contributed by atoms with Crippen molar-refractivity contribution >= 4 is 16.1 Å². The Labute approximate surface area is 256 Å². The summed E-state index contributed by atoms with van der Waals surface area (Å²) in [5.74, 6) is -4.67. The summed E-state index contributed by atoms with van der Waals surface area (Å²) < 4.78 is 113. The predicted molar refractivity (Wildman–Crippen MR) is 158 cm³/mol. The van der Waals surface area contributed by atoms with Gasteiger partial charge in [0.15, 0.2) is 0 Å². The molecular formula is C31H56F6O5S. The van der Waals surface area contributed by atoms with Gasteiger partial charge >= 0.3 is 23.9 Å². The lowest BCUT2D eigenvalue weighted by Crippen LogP contribution is -2.63. The first-order chi connectivity index (χ1) is 20.2. The average molecular weight is 655 g/mol. The molecule has 0 spiro atoms. The molecule has 0 aromatic carbocycles. The van der Waals surface area contributed by atoms with Crippen LogP contribution in [-0.2, 0) is 19.6 Å². The van der Waals surface area contributed by atoms with Crippen LogP contribution in [0.15, 0.2) is 0 Å². The van der Waals surface area contributed by atoms with Crippen LogP contribution >= 0.6 is 0 Å². The molecule has 0 aliphatic rings. The van der Waals surface area contributed by atoms with Gasteiger partial charge in [0.25, 0.3) is 10.1 Å². The third-order valence-corrected chi connectivity index (χ3v) is 8.60. The van der Waals surface area contributed by atoms with Crippen molar-refractivity contribution < 1.29 is 48.8 Å². The Morgan fingerprint density at radius 1 is 0.535 bits per heavy atom. The molecule has 12 heteroatoms. The first-order valence-electron chi connectivity index (χ1n) is 16.5. The molecule has 0 bridgehead atoms. The van der Waals surface area contributed by atoms with Gasteiger partial charge in [0.05, 0.1) is 0 Å². The van der Waals surface area contributed by atoms with E-state index in [0.29, 0.717) is 12.8 Å². The van der Waals surface area contributed by atoms with Gasteiger partial charge in [0, 0.05) is 6.42 Å². The van der Waals surface area contributed by atoms with Crippen LogP contribution in [0.25, 0.3) is 0 Å². The fraction of sp³-hybridized carbons (Fsp3) is 0.968. The van der Waals surface area contributed by atoms with E-state index in [1.165, 1.54) is 109 Å². The highest BCUT2D eigenvalue weighted by molar-refractivity contribution is 7.85. The average Bonchev–Trinajstić information content (AvgIpc) is 2.88. The number of carbonyl (C=O) groups excluding carboxylic acids is 1. The van der Waals surface area contributed by atoms with Gasteiger partial charge in [-0.1, -0.05) is 155 Å². The van der Waals surface area contributed by atoms with Crippen molar-refractivity contribution in [2.75, 3.05) is 5.75 Å². The number of halogens is 6. The van der Waals surface area contributed by atoms with Crippen molar-refractivity contribution in [2.45, 2.75) is 185 Å². The van der Waals surface area contributed by atoms with Gasteiger partial charge in [-0.05, 0) is 6.42 Å². The quantitative estimate of drug-likeness (QED) is 0.0393. The monoisotopic (exact) mass is 654 g/mol. The van der Waals surface area contributed by atoms with Gasteiger partial charge in [-0.3, -0.25) is 9.35 Å². The molecule has 1 N–H and O–H groups in total. The summed E-state index contributed by atoms with van der Waals surface area (Å²) in [6.45, 7) is 2.25. The normalized spacial score (nSPS) is 13.0. The number of ether oxygens (including phenoxy) is 1. The van der Waals surface area contributed by atoms with E-state index >= 15 is 0 Å². The van der Waals surface area contributed by atoms with Gasteiger partial charge in [-0.25, -0.2) is 0 Å². The number of rotatable bonds is 28. The van der Waals surface area contributed by atoms with Crippen LogP contribution in [0.1, 0.15) is 167 Å². The van der Waals surface area contributed by atoms with E-state index in [9.17, 15) is 39.6 Å². The lowest BCUT2D eigenvalue weighted by Gasteiger charge is -2.35. The molecule has 0 rings (SSSR count). The number of hydrogen-bond donors (Lipinski definition) is 1. The van der Waals surface area contributed by atoms with Crippen LogP contribution in [0.4, 0.5) is 26.3 Å². The van der Waals surface area contributed by atoms with E-state index in [1.54, 1.807) is 0 Å². The predicted octanol–water partition coefficient (Wildman–Crippen LogP) is 11.1. The molecule has 0 aromatic rings. The lowest BCUT2D eigenvalue weighted by atomic mass is 10.0. The maximum atomic E-state index is 13.2. The summed E-state index contributed by atoms with van der Waals surface area (Å²) in [7, 11) is -5.77. The fourth-order valence-corrected chi connectivity index (χ4v) is 6.10. The molecule has 0 unspecified atom stereocenters. The van der Waals surface area contributed by atoms with E-state index < -0.39 is 46.2 Å². The molecule has 0 amide bonds. The Kier molecular flexibility index (Phi) is 22.8. The fourth-order valence-electron chi connectivity index (χ4n) is 5.20. The second-order valence-electron chi connectivity index (χ2n) is 11.9. The van der Waals surface area contributed by atoms with E-state index in [2.05, 4.69) is 11.7 Å². The first kappa shape index (κ1) is 42.0. The zero-order valence-corrected chi connectivity index (χ0v) is 27.0. The van der Waals surface area contributed by atoms with Gasteiger partial charge in [0.1, 0.15) is 5.75 Å². The van der Waals surface area contributed by atoms with Crippen molar-refractivity contribution in [3.05, 3.63) is 0 Å². The highest BCUT2D eigenvalue weighted by Crippen LogP contribution is 2.47. The van der Waals surface area contributed by atoms with Gasteiger partial charge in [-0.2, -0.15) is 34.8 Å². The van der Waals surface area contributed by atoms with Crippen molar-refractivity contribution in [3.8, 4) is 0 Å². The Bertz CT molecular complexity index is 785. The molecule has 43 heavy (non-hydrogen) atoms. The molecule has 0 aliphatic carbocycles. The number of hydrogen-bond acceptors (Lipinski definition) is 4. The Hall–Kier alpha value is -1.04. The van der Waals surface area contributed by atoms with Crippen LogP contribution in [0.3, 0.4) is 0 Å². The molecule has 0 aliphatic heterocycles. The smallest absolute Gasteiger partial charge is 0.438 e. The van der Waals surface area contributed by atoms with E-state index in [0.717, 1.165) is 25.7 Å². The standard InChI is InChI=1S/C31H56F6O5S/c1-2-3-4-5-6-7-8-9-10-11-12-13-14-15-16-17-18-19-20-21-22-23-24-25-26-28(38)42-29(30(32,33)34,31(35,36)37)27-43(39,40)41/h2-27H2,1H3,(H,39,40,41). The molecule has 0 radical (unpaired) electrons. The number of unbranched alkanes of at least 4 members (excludes halogenated alkanes) is 23. The van der Waals surface area contributed by atoms with Gasteiger partial charge in [0.2, 0.25) is 0 Å². The molecule has 0 atom stereocenters. The summed E-state index contributed by atoms with van der Waals surface area (Å²) >= 11 is 0. The van der Waals surface area contributed by atoms with Crippen LogP contribution in [0.2, 0.25) is 0 Å². The topological polar surface area (TPSA) is 80.7 Å². The van der Waals surface area contributed by atoms with Gasteiger partial charge in [-0.15, -0.1) is 0 Å². The Balaban J connectivity index is 3.74. The van der Waals surface area contributed by atoms with E-state index in [1.807, 2.05) is 0 Å². The number of alkyl halides is 6. The molecule has 5 nitrogen and oxygen atoms in total. The van der Waals surface area contributed by atoms with Crippen LogP contribution in [0.5, 0.6) is 0 Å². The largest absolute Gasteiger partial charge is 0.438 e. The van der Waals surface area contributed by atoms with Crippen molar-refractivity contribution in [2.24, 2.45) is 0 Å². The summed E-state index contributed by atoms with van der Waals surface area (Å²) in [6.07, 6.45) is 14.4. The van der Waals surface area contributed by atoms with E-state index in [-0.39, 0.29) is 6.42 Å². The molecule has 0 saturated heterocycles. The summed E-state index contributed by atoms with van der Waals surface area (Å²) in [6, 6.07) is 0. The zero-order chi connectivity index (χ0) is 32.7. The Morgan fingerprint density at radius 2 is 0.791 bits per heavy atom. The summed E-state index contributed by atoms with van der Waals surface area (Å²) in [4.78, 5) is 11.8. The minimum Gasteiger partial charge on any atom is -0.438 e. The summed E-state index contributed by atoms with van der Waals surface area (Å²) in [5, 5.41) is 0. The van der Waals surface area contributed by atoms with Gasteiger partial charge < -0.3 is 4.74 Å². The highest BCUT2D eigenvalue weighted by Gasteiger charge is 2.75. The minimum absolute atomic E-state index is 0.00962. The lowest BCUT2D eigenvalue weighted by molar-refractivity contribution is -0.361. The second kappa shape index (κ2) is 23.3. The first-order valence-corrected chi connectivity index (χ1v) is 18.1. The van der Waals surface area contributed by atoms with E-state index in [4.69, 9.17) is 4.55 Å².